The second kappa shape index (κ2) is 5.30. The number of carbonyl (C=O) groups is 2. The molecule has 5 nitrogen and oxygen atoms in total. The molecule has 0 radical (unpaired) electrons. The maximum Gasteiger partial charge on any atom is 0.306 e. The molecule has 19 heavy (non-hydrogen) atoms. The molecule has 0 saturated heterocycles. The fourth-order valence-corrected chi connectivity index (χ4v) is 2.43. The van der Waals surface area contributed by atoms with Crippen molar-refractivity contribution in [3.63, 3.8) is 0 Å². The monoisotopic (exact) mass is 263 g/mol. The minimum atomic E-state index is -0.810. The van der Waals surface area contributed by atoms with Crippen molar-refractivity contribution in [2.45, 2.75) is 32.2 Å². The molecule has 0 spiro atoms. The van der Waals surface area contributed by atoms with E-state index in [0.29, 0.717) is 19.3 Å². The van der Waals surface area contributed by atoms with E-state index in [-0.39, 0.29) is 29.2 Å². The number of carboxylic acid groups (broad SMARTS) is 1. The van der Waals surface area contributed by atoms with Crippen molar-refractivity contribution in [2.24, 2.45) is 5.92 Å². The van der Waals surface area contributed by atoms with Gasteiger partial charge in [0, 0.05) is 6.04 Å². The molecule has 5 heteroatoms. The summed E-state index contributed by atoms with van der Waals surface area (Å²) >= 11 is 0. The fraction of sp³-hybridized carbons (Fsp3) is 0.429. The number of phenolic OH excluding ortho intramolecular Hbond substituents is 1. The number of hydrogen-bond acceptors (Lipinski definition) is 3. The first-order chi connectivity index (χ1) is 8.97. The molecule has 0 aromatic heterocycles. The van der Waals surface area contributed by atoms with E-state index in [9.17, 15) is 14.7 Å². The third kappa shape index (κ3) is 3.05. The van der Waals surface area contributed by atoms with Gasteiger partial charge in [-0.05, 0) is 43.9 Å². The summed E-state index contributed by atoms with van der Waals surface area (Å²) in [6.45, 7) is 1.83. The Morgan fingerprint density at radius 1 is 1.32 bits per heavy atom. The first-order valence-corrected chi connectivity index (χ1v) is 6.30. The van der Waals surface area contributed by atoms with Crippen molar-refractivity contribution in [1.29, 1.82) is 0 Å². The molecular formula is C14H17NO4. The summed E-state index contributed by atoms with van der Waals surface area (Å²) in [6, 6.07) is 4.73. The number of phenols is 1. The fourth-order valence-electron chi connectivity index (χ4n) is 2.43. The van der Waals surface area contributed by atoms with Crippen molar-refractivity contribution < 1.29 is 19.8 Å². The Labute approximate surface area is 111 Å². The Balaban J connectivity index is 2.00. The molecule has 0 heterocycles. The van der Waals surface area contributed by atoms with Crippen molar-refractivity contribution in [2.75, 3.05) is 0 Å². The van der Waals surface area contributed by atoms with Gasteiger partial charge in [0.05, 0.1) is 11.5 Å². The summed E-state index contributed by atoms with van der Waals surface area (Å²) in [5.41, 5.74) is 1.10. The highest BCUT2D eigenvalue weighted by Crippen LogP contribution is 2.26. The molecule has 2 rings (SSSR count). The lowest BCUT2D eigenvalue weighted by Crippen LogP contribution is -2.33. The van der Waals surface area contributed by atoms with Crippen LogP contribution in [0.5, 0.6) is 5.75 Å². The van der Waals surface area contributed by atoms with Crippen molar-refractivity contribution in [3.05, 3.63) is 29.3 Å². The number of nitrogens with one attached hydrogen (secondary N) is 1. The largest absolute Gasteiger partial charge is 0.507 e. The van der Waals surface area contributed by atoms with Crippen LogP contribution < -0.4 is 5.32 Å². The van der Waals surface area contributed by atoms with Crippen LogP contribution in [0, 0.1) is 12.8 Å². The van der Waals surface area contributed by atoms with Crippen LogP contribution in [0.3, 0.4) is 0 Å². The van der Waals surface area contributed by atoms with Gasteiger partial charge in [-0.2, -0.15) is 0 Å². The van der Waals surface area contributed by atoms with E-state index in [0.717, 1.165) is 5.56 Å². The average molecular weight is 263 g/mol. The molecule has 0 bridgehead atoms. The minimum absolute atomic E-state index is 0.0507. The number of benzene rings is 1. The summed E-state index contributed by atoms with van der Waals surface area (Å²) in [6.07, 6.45) is 1.70. The van der Waals surface area contributed by atoms with Gasteiger partial charge in [0.25, 0.3) is 5.91 Å². The Kier molecular flexibility index (Phi) is 3.74. The predicted molar refractivity (Wildman–Crippen MR) is 69.1 cm³/mol. The van der Waals surface area contributed by atoms with E-state index in [1.807, 2.05) is 6.92 Å². The molecule has 1 aliphatic rings. The molecule has 0 unspecified atom stereocenters. The zero-order valence-corrected chi connectivity index (χ0v) is 10.7. The normalized spacial score (nSPS) is 22.2. The van der Waals surface area contributed by atoms with E-state index in [4.69, 9.17) is 5.11 Å². The summed E-state index contributed by atoms with van der Waals surface area (Å²) < 4.78 is 0. The van der Waals surface area contributed by atoms with Crippen LogP contribution >= 0.6 is 0 Å². The van der Waals surface area contributed by atoms with Crippen LogP contribution in [0.1, 0.15) is 35.2 Å². The molecule has 0 aliphatic heterocycles. The standard InChI is InChI=1S/C14H17NO4/c1-8-2-5-11(12(16)6-8)13(17)15-10-4-3-9(7-10)14(18)19/h2,5-6,9-10,16H,3-4,7H2,1H3,(H,15,17)(H,18,19)/t9-,10+/m0/s1. The molecule has 102 valence electrons. The number of aryl methyl sites for hydroxylation is 1. The van der Waals surface area contributed by atoms with Gasteiger partial charge in [-0.25, -0.2) is 0 Å². The zero-order valence-electron chi connectivity index (χ0n) is 10.7. The van der Waals surface area contributed by atoms with Crippen LogP contribution in [0.2, 0.25) is 0 Å². The van der Waals surface area contributed by atoms with E-state index in [1.165, 1.54) is 6.07 Å². The molecule has 1 fully saturated rings. The van der Waals surface area contributed by atoms with Crippen LogP contribution in [0.15, 0.2) is 18.2 Å². The van der Waals surface area contributed by atoms with E-state index < -0.39 is 5.97 Å². The van der Waals surface area contributed by atoms with Gasteiger partial charge in [0.1, 0.15) is 5.75 Å². The molecule has 1 aliphatic carbocycles. The molecule has 1 saturated carbocycles. The average Bonchev–Trinajstić information content (AvgIpc) is 2.77. The Morgan fingerprint density at radius 3 is 2.63 bits per heavy atom. The molecular weight excluding hydrogens is 246 g/mol. The number of amides is 1. The van der Waals surface area contributed by atoms with Gasteiger partial charge in [-0.1, -0.05) is 6.07 Å². The summed E-state index contributed by atoms with van der Waals surface area (Å²) in [5.74, 6) is -1.59. The first-order valence-electron chi connectivity index (χ1n) is 6.30. The van der Waals surface area contributed by atoms with E-state index >= 15 is 0 Å². The van der Waals surface area contributed by atoms with Gasteiger partial charge in [0.2, 0.25) is 0 Å². The second-order valence-electron chi connectivity index (χ2n) is 5.04. The van der Waals surface area contributed by atoms with Gasteiger partial charge in [0.15, 0.2) is 0 Å². The molecule has 1 aromatic rings. The second-order valence-corrected chi connectivity index (χ2v) is 5.04. The molecule has 2 atom stereocenters. The highest BCUT2D eigenvalue weighted by atomic mass is 16.4. The summed E-state index contributed by atoms with van der Waals surface area (Å²) in [4.78, 5) is 22.8. The van der Waals surface area contributed by atoms with E-state index in [2.05, 4.69) is 5.32 Å². The lowest BCUT2D eigenvalue weighted by molar-refractivity contribution is -0.141. The van der Waals surface area contributed by atoms with Crippen molar-refractivity contribution in [3.8, 4) is 5.75 Å². The van der Waals surface area contributed by atoms with E-state index in [1.54, 1.807) is 12.1 Å². The molecule has 3 N–H and O–H groups in total. The predicted octanol–water partition coefficient (Wildman–Crippen LogP) is 1.68. The van der Waals surface area contributed by atoms with Gasteiger partial charge in [-0.3, -0.25) is 9.59 Å². The Bertz CT molecular complexity index is 512. The molecule has 1 amide bonds. The SMILES string of the molecule is Cc1ccc(C(=O)N[C@@H]2CC[C@H](C(=O)O)C2)c(O)c1. The topological polar surface area (TPSA) is 86.6 Å². The van der Waals surface area contributed by atoms with Gasteiger partial charge in [-0.15, -0.1) is 0 Å². The summed E-state index contributed by atoms with van der Waals surface area (Å²) in [7, 11) is 0. The maximum absolute atomic E-state index is 12.0. The number of carboxylic acids is 1. The molecule has 1 aromatic carbocycles. The lowest BCUT2D eigenvalue weighted by atomic mass is 10.1. The minimum Gasteiger partial charge on any atom is -0.507 e. The third-order valence-electron chi connectivity index (χ3n) is 3.51. The zero-order chi connectivity index (χ0) is 14.0. The number of aromatic hydroxyl groups is 1. The van der Waals surface area contributed by atoms with Crippen LogP contribution in [0.4, 0.5) is 0 Å². The highest BCUT2D eigenvalue weighted by molar-refractivity contribution is 5.97. The van der Waals surface area contributed by atoms with Gasteiger partial charge < -0.3 is 15.5 Å². The number of rotatable bonds is 3. The Morgan fingerprint density at radius 2 is 2.05 bits per heavy atom. The third-order valence-corrected chi connectivity index (χ3v) is 3.51. The first kappa shape index (κ1) is 13.4. The van der Waals surface area contributed by atoms with Crippen molar-refractivity contribution in [1.82, 2.24) is 5.32 Å². The number of hydrogen-bond donors (Lipinski definition) is 3. The highest BCUT2D eigenvalue weighted by Gasteiger charge is 2.30. The lowest BCUT2D eigenvalue weighted by Gasteiger charge is -2.13. The van der Waals surface area contributed by atoms with Crippen molar-refractivity contribution >= 4 is 11.9 Å². The van der Waals surface area contributed by atoms with Crippen LogP contribution in [0.25, 0.3) is 0 Å². The number of aliphatic carboxylic acids is 1. The Hall–Kier alpha value is -2.04. The van der Waals surface area contributed by atoms with Gasteiger partial charge >= 0.3 is 5.97 Å². The van der Waals surface area contributed by atoms with Crippen LogP contribution in [-0.2, 0) is 4.79 Å². The van der Waals surface area contributed by atoms with Crippen LogP contribution in [-0.4, -0.2) is 28.1 Å². The quantitative estimate of drug-likeness (QED) is 0.774. The number of carbonyl (C=O) groups excluding carboxylic acids is 1. The maximum atomic E-state index is 12.0. The smallest absolute Gasteiger partial charge is 0.306 e. The summed E-state index contributed by atoms with van der Waals surface area (Å²) in [5, 5.41) is 21.4.